The van der Waals surface area contributed by atoms with Crippen molar-refractivity contribution in [2.75, 3.05) is 40.0 Å². The zero-order valence-electron chi connectivity index (χ0n) is 11.5. The van der Waals surface area contributed by atoms with E-state index >= 15 is 0 Å². The van der Waals surface area contributed by atoms with Crippen LogP contribution in [-0.2, 0) is 9.47 Å². The smallest absolute Gasteiger partial charge is 0.0897 e. The van der Waals surface area contributed by atoms with Crippen molar-refractivity contribution in [3.63, 3.8) is 0 Å². The minimum atomic E-state index is -0.429. The average Bonchev–Trinajstić information content (AvgIpc) is 2.41. The van der Waals surface area contributed by atoms with Crippen LogP contribution in [0.25, 0.3) is 0 Å². The molecule has 2 N–H and O–H groups in total. The fourth-order valence-electron chi connectivity index (χ4n) is 2.07. The number of aliphatic hydroxyl groups is 1. The Morgan fingerprint density at radius 2 is 2.28 bits per heavy atom. The van der Waals surface area contributed by atoms with Gasteiger partial charge in [0.05, 0.1) is 25.9 Å². The average molecular weight is 257 g/mol. The highest BCUT2D eigenvalue weighted by Crippen LogP contribution is 2.19. The molecule has 0 aromatic heterocycles. The first kappa shape index (κ1) is 15.6. The fraction of sp³-hybridized carbons (Fsp3) is 0.857. The zero-order valence-corrected chi connectivity index (χ0v) is 11.5. The van der Waals surface area contributed by atoms with Gasteiger partial charge >= 0.3 is 0 Å². The van der Waals surface area contributed by atoms with Gasteiger partial charge in [0.25, 0.3) is 0 Å². The molecular weight excluding hydrogens is 230 g/mol. The van der Waals surface area contributed by atoms with Crippen LogP contribution in [0.15, 0.2) is 11.6 Å². The molecule has 0 radical (unpaired) electrons. The van der Waals surface area contributed by atoms with E-state index in [1.54, 1.807) is 12.7 Å². The van der Waals surface area contributed by atoms with Crippen LogP contribution in [0, 0.1) is 0 Å². The van der Waals surface area contributed by atoms with Crippen LogP contribution < -0.4 is 5.32 Å². The van der Waals surface area contributed by atoms with Gasteiger partial charge in [0.2, 0.25) is 0 Å². The van der Waals surface area contributed by atoms with Gasteiger partial charge in [-0.1, -0.05) is 11.6 Å². The third-order valence-electron chi connectivity index (χ3n) is 3.13. The van der Waals surface area contributed by atoms with Crippen LogP contribution in [-0.4, -0.2) is 51.2 Å². The van der Waals surface area contributed by atoms with Crippen molar-refractivity contribution in [3.05, 3.63) is 11.6 Å². The minimum absolute atomic E-state index is 0.374. The predicted molar refractivity (Wildman–Crippen MR) is 72.7 cm³/mol. The first-order valence-electron chi connectivity index (χ1n) is 6.96. The molecule has 0 aromatic rings. The van der Waals surface area contributed by atoms with Gasteiger partial charge in [-0.3, -0.25) is 0 Å². The largest absolute Gasteiger partial charge is 0.389 e. The summed E-state index contributed by atoms with van der Waals surface area (Å²) < 4.78 is 10.1. The summed E-state index contributed by atoms with van der Waals surface area (Å²) in [5.74, 6) is 0. The molecule has 1 rings (SSSR count). The topological polar surface area (TPSA) is 50.7 Å². The molecule has 106 valence electrons. The van der Waals surface area contributed by atoms with Gasteiger partial charge in [-0.05, 0) is 38.6 Å². The molecule has 1 aliphatic carbocycles. The molecule has 4 nitrogen and oxygen atoms in total. The van der Waals surface area contributed by atoms with Crippen LogP contribution in [0.1, 0.15) is 32.1 Å². The van der Waals surface area contributed by atoms with E-state index in [2.05, 4.69) is 11.4 Å². The minimum Gasteiger partial charge on any atom is -0.389 e. The van der Waals surface area contributed by atoms with Gasteiger partial charge in [0, 0.05) is 13.7 Å². The van der Waals surface area contributed by atoms with E-state index in [0.29, 0.717) is 26.4 Å². The highest BCUT2D eigenvalue weighted by atomic mass is 16.5. The zero-order chi connectivity index (χ0) is 13.1. The second-order valence-electron chi connectivity index (χ2n) is 4.78. The molecule has 1 aliphatic rings. The van der Waals surface area contributed by atoms with E-state index in [-0.39, 0.29) is 0 Å². The van der Waals surface area contributed by atoms with Gasteiger partial charge < -0.3 is 19.9 Å². The van der Waals surface area contributed by atoms with Gasteiger partial charge in [-0.15, -0.1) is 0 Å². The number of hydrogen-bond donors (Lipinski definition) is 2. The number of aliphatic hydroxyl groups excluding tert-OH is 1. The van der Waals surface area contributed by atoms with Crippen molar-refractivity contribution in [1.29, 1.82) is 0 Å². The van der Waals surface area contributed by atoms with E-state index < -0.39 is 6.10 Å². The quantitative estimate of drug-likeness (QED) is 0.460. The Labute approximate surface area is 110 Å². The van der Waals surface area contributed by atoms with Crippen molar-refractivity contribution in [2.24, 2.45) is 0 Å². The second kappa shape index (κ2) is 10.5. The Morgan fingerprint density at radius 1 is 1.39 bits per heavy atom. The SMILES string of the molecule is COCCOCC(O)CNCCC1=CCCCC1. The summed E-state index contributed by atoms with van der Waals surface area (Å²) in [7, 11) is 1.64. The number of methoxy groups -OCH3 is 1. The first-order chi connectivity index (χ1) is 8.83. The molecule has 0 saturated carbocycles. The van der Waals surface area contributed by atoms with Gasteiger partial charge in [0.1, 0.15) is 0 Å². The first-order valence-corrected chi connectivity index (χ1v) is 6.96. The molecule has 0 fully saturated rings. The lowest BCUT2D eigenvalue weighted by molar-refractivity contribution is 0.0139. The fourth-order valence-corrected chi connectivity index (χ4v) is 2.07. The maximum absolute atomic E-state index is 9.64. The third-order valence-corrected chi connectivity index (χ3v) is 3.13. The van der Waals surface area contributed by atoms with E-state index in [4.69, 9.17) is 9.47 Å². The Morgan fingerprint density at radius 3 is 3.00 bits per heavy atom. The standard InChI is InChI=1S/C14H27NO3/c1-17-9-10-18-12-14(16)11-15-8-7-13-5-3-2-4-6-13/h5,14-16H,2-4,6-12H2,1H3. The van der Waals surface area contributed by atoms with Gasteiger partial charge in [0.15, 0.2) is 0 Å². The molecule has 18 heavy (non-hydrogen) atoms. The summed E-state index contributed by atoms with van der Waals surface area (Å²) in [6, 6.07) is 0. The van der Waals surface area contributed by atoms with E-state index in [1.165, 1.54) is 25.7 Å². The molecule has 0 spiro atoms. The normalized spacial score (nSPS) is 17.6. The Bertz CT molecular complexity index is 231. The molecule has 0 amide bonds. The van der Waals surface area contributed by atoms with E-state index in [1.807, 2.05) is 0 Å². The molecule has 0 saturated heterocycles. The number of allylic oxidation sites excluding steroid dienone is 1. The Balaban J connectivity index is 1.91. The van der Waals surface area contributed by atoms with E-state index in [0.717, 1.165) is 13.0 Å². The van der Waals surface area contributed by atoms with Crippen LogP contribution in [0.2, 0.25) is 0 Å². The molecule has 4 heteroatoms. The number of rotatable bonds is 10. The number of hydrogen-bond acceptors (Lipinski definition) is 4. The Hall–Kier alpha value is -0.420. The third kappa shape index (κ3) is 7.82. The lowest BCUT2D eigenvalue weighted by Crippen LogP contribution is -2.31. The monoisotopic (exact) mass is 257 g/mol. The summed E-state index contributed by atoms with van der Waals surface area (Å²) in [6.07, 6.45) is 8.22. The van der Waals surface area contributed by atoms with Gasteiger partial charge in [-0.2, -0.15) is 0 Å². The molecule has 0 bridgehead atoms. The molecule has 0 heterocycles. The van der Waals surface area contributed by atoms with Crippen LogP contribution in [0.5, 0.6) is 0 Å². The molecule has 0 aromatic carbocycles. The number of nitrogens with one attached hydrogen (secondary N) is 1. The van der Waals surface area contributed by atoms with Crippen molar-refractivity contribution in [1.82, 2.24) is 5.32 Å². The highest BCUT2D eigenvalue weighted by molar-refractivity contribution is 5.05. The van der Waals surface area contributed by atoms with Crippen LogP contribution >= 0.6 is 0 Å². The summed E-state index contributed by atoms with van der Waals surface area (Å²) in [6.45, 7) is 3.04. The predicted octanol–water partition coefficient (Wildman–Crippen LogP) is 1.49. The summed E-state index contributed by atoms with van der Waals surface area (Å²) >= 11 is 0. The van der Waals surface area contributed by atoms with E-state index in [9.17, 15) is 5.11 Å². The van der Waals surface area contributed by atoms with Crippen LogP contribution in [0.3, 0.4) is 0 Å². The van der Waals surface area contributed by atoms with Crippen molar-refractivity contribution in [2.45, 2.75) is 38.2 Å². The maximum atomic E-state index is 9.64. The van der Waals surface area contributed by atoms with Gasteiger partial charge in [-0.25, -0.2) is 0 Å². The molecule has 1 unspecified atom stereocenters. The summed E-state index contributed by atoms with van der Waals surface area (Å²) in [5.41, 5.74) is 1.57. The highest BCUT2D eigenvalue weighted by Gasteiger charge is 2.05. The lowest BCUT2D eigenvalue weighted by atomic mass is 9.97. The molecule has 0 aliphatic heterocycles. The van der Waals surface area contributed by atoms with Crippen molar-refractivity contribution in [3.8, 4) is 0 Å². The molecular formula is C14H27NO3. The summed E-state index contributed by atoms with van der Waals surface area (Å²) in [4.78, 5) is 0. The Kier molecular flexibility index (Phi) is 9.12. The van der Waals surface area contributed by atoms with Crippen molar-refractivity contribution < 1.29 is 14.6 Å². The second-order valence-corrected chi connectivity index (χ2v) is 4.78. The van der Waals surface area contributed by atoms with Crippen LogP contribution in [0.4, 0.5) is 0 Å². The molecule has 1 atom stereocenters. The number of ether oxygens (including phenoxy) is 2. The van der Waals surface area contributed by atoms with Crippen molar-refractivity contribution >= 4 is 0 Å². The summed E-state index contributed by atoms with van der Waals surface area (Å²) in [5, 5.41) is 12.9. The lowest BCUT2D eigenvalue weighted by Gasteiger charge is -2.15. The maximum Gasteiger partial charge on any atom is 0.0897 e.